The van der Waals surface area contributed by atoms with E-state index in [4.69, 9.17) is 4.52 Å². The summed E-state index contributed by atoms with van der Waals surface area (Å²) in [7, 11) is 0. The van der Waals surface area contributed by atoms with Crippen molar-refractivity contribution >= 4 is 5.91 Å². The van der Waals surface area contributed by atoms with Gasteiger partial charge >= 0.3 is 0 Å². The maximum Gasteiger partial charge on any atom is 0.227 e. The number of hydrogen-bond acceptors (Lipinski definition) is 4. The average Bonchev–Trinajstić information content (AvgIpc) is 3.15. The van der Waals surface area contributed by atoms with Gasteiger partial charge in [0.2, 0.25) is 5.91 Å². The monoisotopic (exact) mass is 327 g/mol. The number of nitrogens with zero attached hydrogens (tertiary/aromatic N) is 3. The number of amides is 1. The van der Waals surface area contributed by atoms with Crippen LogP contribution in [0.15, 0.2) is 22.9 Å². The Bertz CT molecular complexity index is 704. The van der Waals surface area contributed by atoms with Crippen LogP contribution in [0.4, 0.5) is 0 Å². The van der Waals surface area contributed by atoms with Crippen LogP contribution in [0.5, 0.6) is 0 Å². The second-order valence-electron chi connectivity index (χ2n) is 6.71. The number of likely N-dealkylation sites (tertiary alicyclic amines) is 1. The molecule has 0 spiro atoms. The minimum atomic E-state index is 0.192. The number of aromatic nitrogens is 2. The van der Waals surface area contributed by atoms with Gasteiger partial charge in [-0.2, -0.15) is 0 Å². The molecule has 0 N–H and O–H groups in total. The van der Waals surface area contributed by atoms with Gasteiger partial charge in [-0.25, -0.2) is 0 Å². The zero-order valence-corrected chi connectivity index (χ0v) is 14.7. The van der Waals surface area contributed by atoms with Crippen LogP contribution in [0.3, 0.4) is 0 Å². The summed E-state index contributed by atoms with van der Waals surface area (Å²) >= 11 is 0. The second-order valence-corrected chi connectivity index (χ2v) is 6.71. The number of carbonyl (C=O) groups is 1. The molecule has 1 aliphatic rings. The van der Waals surface area contributed by atoms with E-state index in [1.807, 2.05) is 27.0 Å². The molecule has 5 heteroatoms. The summed E-state index contributed by atoms with van der Waals surface area (Å²) in [6.07, 6.45) is 6.44. The van der Waals surface area contributed by atoms with Crippen LogP contribution in [0.25, 0.3) is 0 Å². The number of rotatable bonds is 5. The van der Waals surface area contributed by atoms with Crippen LogP contribution in [0, 0.1) is 20.8 Å². The molecule has 1 amide bonds. The van der Waals surface area contributed by atoms with Crippen molar-refractivity contribution in [2.75, 3.05) is 6.54 Å². The Hall–Kier alpha value is -2.17. The van der Waals surface area contributed by atoms with E-state index in [0.29, 0.717) is 12.5 Å². The lowest BCUT2D eigenvalue weighted by Gasteiger charge is -2.25. The minimum absolute atomic E-state index is 0.192. The molecule has 0 saturated carbocycles. The molecular weight excluding hydrogens is 302 g/mol. The average molecular weight is 327 g/mol. The lowest BCUT2D eigenvalue weighted by atomic mass is 10.0. The first-order chi connectivity index (χ1) is 11.5. The number of hydrogen-bond donors (Lipinski definition) is 0. The van der Waals surface area contributed by atoms with Crippen molar-refractivity contribution in [3.05, 3.63) is 46.6 Å². The zero-order chi connectivity index (χ0) is 17.1. The van der Waals surface area contributed by atoms with Crippen molar-refractivity contribution in [2.24, 2.45) is 0 Å². The molecule has 128 valence electrons. The van der Waals surface area contributed by atoms with Crippen molar-refractivity contribution in [3.63, 3.8) is 0 Å². The Morgan fingerprint density at radius 1 is 1.38 bits per heavy atom. The zero-order valence-electron chi connectivity index (χ0n) is 14.7. The maximum atomic E-state index is 12.7. The fourth-order valence-electron chi connectivity index (χ4n) is 3.56. The molecule has 24 heavy (non-hydrogen) atoms. The third-order valence-corrected chi connectivity index (χ3v) is 4.93. The van der Waals surface area contributed by atoms with Gasteiger partial charge in [-0.1, -0.05) is 5.16 Å². The molecule has 1 saturated heterocycles. The maximum absolute atomic E-state index is 12.7. The largest absolute Gasteiger partial charge is 0.361 e. The predicted molar refractivity (Wildman–Crippen MR) is 91.7 cm³/mol. The highest BCUT2D eigenvalue weighted by Crippen LogP contribution is 2.24. The van der Waals surface area contributed by atoms with Gasteiger partial charge in [0.15, 0.2) is 0 Å². The molecule has 0 bridgehead atoms. The smallest absolute Gasteiger partial charge is 0.227 e. The van der Waals surface area contributed by atoms with E-state index < -0.39 is 0 Å². The quantitative estimate of drug-likeness (QED) is 0.846. The molecule has 1 fully saturated rings. The van der Waals surface area contributed by atoms with Crippen molar-refractivity contribution in [1.29, 1.82) is 0 Å². The lowest BCUT2D eigenvalue weighted by Crippen LogP contribution is -2.37. The third kappa shape index (κ3) is 3.66. The Morgan fingerprint density at radius 3 is 2.92 bits per heavy atom. The highest BCUT2D eigenvalue weighted by atomic mass is 16.5. The summed E-state index contributed by atoms with van der Waals surface area (Å²) in [4.78, 5) is 19.0. The van der Waals surface area contributed by atoms with E-state index in [1.54, 1.807) is 0 Å². The second kappa shape index (κ2) is 7.16. The molecule has 0 aliphatic carbocycles. The molecule has 3 heterocycles. The van der Waals surface area contributed by atoms with Crippen molar-refractivity contribution in [2.45, 2.75) is 58.9 Å². The van der Waals surface area contributed by atoms with E-state index >= 15 is 0 Å². The molecule has 0 aromatic carbocycles. The van der Waals surface area contributed by atoms with Crippen molar-refractivity contribution in [1.82, 2.24) is 15.0 Å². The van der Waals surface area contributed by atoms with Gasteiger partial charge in [0, 0.05) is 30.0 Å². The van der Waals surface area contributed by atoms with Gasteiger partial charge in [-0.3, -0.25) is 9.78 Å². The van der Waals surface area contributed by atoms with Gasteiger partial charge in [0.25, 0.3) is 0 Å². The molecule has 2 aromatic heterocycles. The predicted octanol–water partition coefficient (Wildman–Crippen LogP) is 3.16. The summed E-state index contributed by atoms with van der Waals surface area (Å²) in [6.45, 7) is 6.64. The van der Waals surface area contributed by atoms with Crippen molar-refractivity contribution in [3.8, 4) is 0 Å². The molecule has 1 atom stereocenters. The van der Waals surface area contributed by atoms with Crippen LogP contribution >= 0.6 is 0 Å². The first-order valence-corrected chi connectivity index (χ1v) is 8.67. The fourth-order valence-corrected chi connectivity index (χ4v) is 3.56. The first-order valence-electron chi connectivity index (χ1n) is 8.67. The van der Waals surface area contributed by atoms with Crippen LogP contribution in [0.2, 0.25) is 0 Å². The normalized spacial score (nSPS) is 17.5. The fraction of sp³-hybridized carbons (Fsp3) is 0.526. The number of pyridine rings is 1. The first kappa shape index (κ1) is 16.7. The SMILES string of the molecule is Cc1cc(CC[C@H]2CCCN2C(=O)Cc2c(C)noc2C)ccn1. The van der Waals surface area contributed by atoms with Gasteiger partial charge in [-0.05, 0) is 64.2 Å². The summed E-state index contributed by atoms with van der Waals surface area (Å²) in [6, 6.07) is 4.54. The Kier molecular flexibility index (Phi) is 4.97. The minimum Gasteiger partial charge on any atom is -0.361 e. The third-order valence-electron chi connectivity index (χ3n) is 4.93. The van der Waals surface area contributed by atoms with Gasteiger partial charge in [-0.15, -0.1) is 0 Å². The van der Waals surface area contributed by atoms with Crippen LogP contribution in [-0.4, -0.2) is 33.5 Å². The molecule has 5 nitrogen and oxygen atoms in total. The van der Waals surface area contributed by atoms with E-state index in [9.17, 15) is 4.79 Å². The lowest BCUT2D eigenvalue weighted by molar-refractivity contribution is -0.131. The summed E-state index contributed by atoms with van der Waals surface area (Å²) in [5.74, 6) is 0.946. The molecule has 2 aromatic rings. The Balaban J connectivity index is 1.61. The van der Waals surface area contributed by atoms with Crippen LogP contribution in [0.1, 0.15) is 47.5 Å². The highest BCUT2D eigenvalue weighted by molar-refractivity contribution is 5.79. The van der Waals surface area contributed by atoms with Gasteiger partial charge in [0.05, 0.1) is 12.1 Å². The summed E-state index contributed by atoms with van der Waals surface area (Å²) in [5.41, 5.74) is 4.11. The molecule has 0 unspecified atom stereocenters. The number of aryl methyl sites for hydroxylation is 4. The van der Waals surface area contributed by atoms with Crippen LogP contribution < -0.4 is 0 Å². The summed E-state index contributed by atoms with van der Waals surface area (Å²) < 4.78 is 5.18. The standard InChI is InChI=1S/C19H25N3O2/c1-13-11-16(8-9-20-13)6-7-17-5-4-10-22(17)19(23)12-18-14(2)21-24-15(18)3/h8-9,11,17H,4-7,10,12H2,1-3H3/t17-/m1/s1. The molecule has 1 aliphatic heterocycles. The molecule has 0 radical (unpaired) electrons. The number of carbonyl (C=O) groups excluding carboxylic acids is 1. The highest BCUT2D eigenvalue weighted by Gasteiger charge is 2.29. The van der Waals surface area contributed by atoms with E-state index in [-0.39, 0.29) is 5.91 Å². The molecule has 3 rings (SSSR count). The molecular formula is C19H25N3O2. The summed E-state index contributed by atoms with van der Waals surface area (Å²) in [5, 5.41) is 3.95. The Labute approximate surface area is 143 Å². The van der Waals surface area contributed by atoms with E-state index in [1.165, 1.54) is 5.56 Å². The van der Waals surface area contributed by atoms with Gasteiger partial charge < -0.3 is 9.42 Å². The van der Waals surface area contributed by atoms with Crippen molar-refractivity contribution < 1.29 is 9.32 Å². The van der Waals surface area contributed by atoms with Crippen LogP contribution in [-0.2, 0) is 17.6 Å². The van der Waals surface area contributed by atoms with E-state index in [0.717, 1.165) is 54.9 Å². The van der Waals surface area contributed by atoms with E-state index in [2.05, 4.69) is 27.2 Å². The topological polar surface area (TPSA) is 59.2 Å². The van der Waals surface area contributed by atoms with Gasteiger partial charge in [0.1, 0.15) is 5.76 Å². The Morgan fingerprint density at radius 2 is 2.21 bits per heavy atom.